The van der Waals surface area contributed by atoms with E-state index < -0.39 is 6.09 Å². The molecule has 2 aromatic carbocycles. The summed E-state index contributed by atoms with van der Waals surface area (Å²) in [5.41, 5.74) is 3.00. The quantitative estimate of drug-likeness (QED) is 0.836. The van der Waals surface area contributed by atoms with Gasteiger partial charge >= 0.3 is 6.09 Å². The Bertz CT molecular complexity index is 684. The standard InChI is InChI=1S/C20H25NO4/c1-15-5-4-6-18(11-15)14-25-20(23)21(16(2)13-22)12-17-7-9-19(24-3)10-8-17/h4-11,16,22H,12-14H2,1-3H3. The van der Waals surface area contributed by atoms with Crippen molar-refractivity contribution in [3.05, 3.63) is 65.2 Å². The number of amides is 1. The Balaban J connectivity index is 2.03. The molecule has 0 bridgehead atoms. The van der Waals surface area contributed by atoms with Crippen molar-refractivity contribution in [3.8, 4) is 5.75 Å². The van der Waals surface area contributed by atoms with Crippen LogP contribution < -0.4 is 4.74 Å². The molecule has 0 saturated heterocycles. The summed E-state index contributed by atoms with van der Waals surface area (Å²) in [6.07, 6.45) is -0.445. The molecule has 0 aliphatic carbocycles. The van der Waals surface area contributed by atoms with Crippen LogP contribution in [0.3, 0.4) is 0 Å². The van der Waals surface area contributed by atoms with Crippen LogP contribution in [0.4, 0.5) is 4.79 Å². The smallest absolute Gasteiger partial charge is 0.410 e. The number of carbonyl (C=O) groups is 1. The minimum Gasteiger partial charge on any atom is -0.497 e. The third-order valence-electron chi connectivity index (χ3n) is 3.99. The second-order valence-electron chi connectivity index (χ2n) is 6.05. The Morgan fingerprint density at radius 3 is 2.48 bits per heavy atom. The van der Waals surface area contributed by atoms with Crippen molar-refractivity contribution < 1.29 is 19.4 Å². The van der Waals surface area contributed by atoms with E-state index in [1.165, 1.54) is 4.90 Å². The van der Waals surface area contributed by atoms with Crippen LogP contribution in [-0.2, 0) is 17.9 Å². The Morgan fingerprint density at radius 2 is 1.88 bits per heavy atom. The molecule has 0 spiro atoms. The van der Waals surface area contributed by atoms with Gasteiger partial charge in [-0.2, -0.15) is 0 Å². The van der Waals surface area contributed by atoms with Crippen LogP contribution in [0.1, 0.15) is 23.6 Å². The van der Waals surface area contributed by atoms with E-state index in [0.717, 1.165) is 22.4 Å². The second-order valence-corrected chi connectivity index (χ2v) is 6.05. The molecule has 0 saturated carbocycles. The molecule has 2 aromatic rings. The first-order valence-corrected chi connectivity index (χ1v) is 8.26. The highest BCUT2D eigenvalue weighted by Gasteiger charge is 2.21. The van der Waals surface area contributed by atoms with Gasteiger partial charge in [-0.3, -0.25) is 4.90 Å². The average molecular weight is 343 g/mol. The summed E-state index contributed by atoms with van der Waals surface area (Å²) in [5, 5.41) is 9.47. The summed E-state index contributed by atoms with van der Waals surface area (Å²) in [7, 11) is 1.61. The number of hydrogen-bond donors (Lipinski definition) is 1. The van der Waals surface area contributed by atoms with Crippen molar-refractivity contribution in [1.82, 2.24) is 4.90 Å². The Labute approximate surface area is 148 Å². The van der Waals surface area contributed by atoms with Gasteiger partial charge in [0.1, 0.15) is 12.4 Å². The maximum absolute atomic E-state index is 12.5. The van der Waals surface area contributed by atoms with Crippen molar-refractivity contribution in [3.63, 3.8) is 0 Å². The molecule has 1 N–H and O–H groups in total. The van der Waals surface area contributed by atoms with E-state index in [1.807, 2.05) is 55.5 Å². The van der Waals surface area contributed by atoms with Crippen LogP contribution in [0.25, 0.3) is 0 Å². The van der Waals surface area contributed by atoms with Crippen LogP contribution in [0.2, 0.25) is 0 Å². The lowest BCUT2D eigenvalue weighted by Crippen LogP contribution is -2.40. The fourth-order valence-electron chi connectivity index (χ4n) is 2.46. The first kappa shape index (κ1) is 18.8. The fourth-order valence-corrected chi connectivity index (χ4v) is 2.46. The van der Waals surface area contributed by atoms with Crippen molar-refractivity contribution in [1.29, 1.82) is 0 Å². The number of benzene rings is 2. The second kappa shape index (κ2) is 9.08. The lowest BCUT2D eigenvalue weighted by atomic mass is 10.1. The number of aliphatic hydroxyl groups excluding tert-OH is 1. The van der Waals surface area contributed by atoms with Crippen molar-refractivity contribution in [2.75, 3.05) is 13.7 Å². The van der Waals surface area contributed by atoms with Gasteiger partial charge in [-0.25, -0.2) is 4.79 Å². The van der Waals surface area contributed by atoms with Crippen LogP contribution in [0, 0.1) is 6.92 Å². The van der Waals surface area contributed by atoms with Gasteiger partial charge in [-0.1, -0.05) is 42.0 Å². The van der Waals surface area contributed by atoms with Gasteiger partial charge in [-0.15, -0.1) is 0 Å². The lowest BCUT2D eigenvalue weighted by molar-refractivity contribution is 0.0653. The monoisotopic (exact) mass is 343 g/mol. The lowest BCUT2D eigenvalue weighted by Gasteiger charge is -2.27. The molecule has 25 heavy (non-hydrogen) atoms. The van der Waals surface area contributed by atoms with Gasteiger partial charge in [0, 0.05) is 6.54 Å². The van der Waals surface area contributed by atoms with Gasteiger partial charge in [0.25, 0.3) is 0 Å². The minimum absolute atomic E-state index is 0.129. The molecule has 1 amide bonds. The molecule has 1 unspecified atom stereocenters. The number of hydrogen-bond acceptors (Lipinski definition) is 4. The number of ether oxygens (including phenoxy) is 2. The summed E-state index contributed by atoms with van der Waals surface area (Å²) in [6, 6.07) is 15.0. The Morgan fingerprint density at radius 1 is 1.16 bits per heavy atom. The molecule has 0 aliphatic heterocycles. The van der Waals surface area contributed by atoms with Gasteiger partial charge in [0.15, 0.2) is 0 Å². The zero-order valence-corrected chi connectivity index (χ0v) is 14.9. The van der Waals surface area contributed by atoms with Crippen LogP contribution >= 0.6 is 0 Å². The van der Waals surface area contributed by atoms with E-state index in [2.05, 4.69) is 0 Å². The SMILES string of the molecule is COc1ccc(CN(C(=O)OCc2cccc(C)c2)C(C)CO)cc1. The number of methoxy groups -OCH3 is 1. The van der Waals surface area contributed by atoms with Gasteiger partial charge in [0.2, 0.25) is 0 Å². The first-order valence-electron chi connectivity index (χ1n) is 8.26. The molecular weight excluding hydrogens is 318 g/mol. The van der Waals surface area contributed by atoms with E-state index in [-0.39, 0.29) is 19.3 Å². The maximum Gasteiger partial charge on any atom is 0.410 e. The summed E-state index contributed by atoms with van der Waals surface area (Å²) >= 11 is 0. The third kappa shape index (κ3) is 5.50. The average Bonchev–Trinajstić information content (AvgIpc) is 2.64. The molecule has 2 rings (SSSR count). The van der Waals surface area contributed by atoms with E-state index in [1.54, 1.807) is 14.0 Å². The van der Waals surface area contributed by atoms with E-state index in [9.17, 15) is 9.90 Å². The predicted molar refractivity (Wildman–Crippen MR) is 96.4 cm³/mol. The third-order valence-corrected chi connectivity index (χ3v) is 3.99. The van der Waals surface area contributed by atoms with Gasteiger partial charge in [-0.05, 0) is 37.1 Å². The molecule has 0 aromatic heterocycles. The van der Waals surface area contributed by atoms with Crippen LogP contribution in [0.15, 0.2) is 48.5 Å². The molecule has 5 heteroatoms. The molecule has 5 nitrogen and oxygen atoms in total. The van der Waals surface area contributed by atoms with Crippen LogP contribution in [0.5, 0.6) is 5.75 Å². The largest absolute Gasteiger partial charge is 0.497 e. The number of rotatable bonds is 7. The molecule has 1 atom stereocenters. The highest BCUT2D eigenvalue weighted by Crippen LogP contribution is 2.16. The van der Waals surface area contributed by atoms with Gasteiger partial charge in [0.05, 0.1) is 19.8 Å². The van der Waals surface area contributed by atoms with E-state index in [0.29, 0.717) is 6.54 Å². The normalized spacial score (nSPS) is 11.7. The van der Waals surface area contributed by atoms with Crippen molar-refractivity contribution in [2.45, 2.75) is 33.0 Å². The fraction of sp³-hybridized carbons (Fsp3) is 0.350. The first-order chi connectivity index (χ1) is 12.0. The topological polar surface area (TPSA) is 59.0 Å². The van der Waals surface area contributed by atoms with Gasteiger partial charge < -0.3 is 14.6 Å². The molecule has 0 heterocycles. The summed E-state index contributed by atoms with van der Waals surface area (Å²) in [5.74, 6) is 0.757. The number of aryl methyl sites for hydroxylation is 1. The van der Waals surface area contributed by atoms with Crippen molar-refractivity contribution >= 4 is 6.09 Å². The van der Waals surface area contributed by atoms with Crippen LogP contribution in [-0.4, -0.2) is 35.9 Å². The summed E-state index contributed by atoms with van der Waals surface area (Å²) in [6.45, 7) is 4.22. The highest BCUT2D eigenvalue weighted by molar-refractivity contribution is 5.68. The summed E-state index contributed by atoms with van der Waals surface area (Å²) < 4.78 is 10.6. The Kier molecular flexibility index (Phi) is 6.83. The predicted octanol–water partition coefficient (Wildman–Crippen LogP) is 3.52. The molecule has 0 radical (unpaired) electrons. The van der Waals surface area contributed by atoms with Crippen molar-refractivity contribution in [2.24, 2.45) is 0 Å². The zero-order valence-electron chi connectivity index (χ0n) is 14.9. The van der Waals surface area contributed by atoms with E-state index in [4.69, 9.17) is 9.47 Å². The highest BCUT2D eigenvalue weighted by atomic mass is 16.6. The molecular formula is C20H25NO4. The minimum atomic E-state index is -0.445. The molecule has 0 aliphatic rings. The number of aliphatic hydroxyl groups is 1. The maximum atomic E-state index is 12.5. The summed E-state index contributed by atoms with van der Waals surface area (Å²) in [4.78, 5) is 14.0. The molecule has 0 fully saturated rings. The van der Waals surface area contributed by atoms with E-state index >= 15 is 0 Å². The number of carbonyl (C=O) groups excluding carboxylic acids is 1. The Hall–Kier alpha value is -2.53. The molecule has 134 valence electrons. The zero-order chi connectivity index (χ0) is 18.2. The number of nitrogens with zero attached hydrogens (tertiary/aromatic N) is 1.